The van der Waals surface area contributed by atoms with Crippen LogP contribution in [0.15, 0.2) is 18.2 Å². The van der Waals surface area contributed by atoms with Crippen molar-refractivity contribution >= 4 is 11.4 Å². The van der Waals surface area contributed by atoms with Crippen LogP contribution in [0.3, 0.4) is 0 Å². The number of nitrogens with zero attached hydrogens (tertiary/aromatic N) is 3. The van der Waals surface area contributed by atoms with Crippen molar-refractivity contribution < 1.29 is 10.0 Å². The normalized spacial score (nSPS) is 18.6. The lowest BCUT2D eigenvalue weighted by Gasteiger charge is -2.23. The Balaban J connectivity index is 2.32. The summed E-state index contributed by atoms with van der Waals surface area (Å²) in [7, 11) is 2.06. The maximum atomic E-state index is 11.3. The van der Waals surface area contributed by atoms with Crippen molar-refractivity contribution in [2.45, 2.75) is 19.4 Å². The third-order valence-electron chi connectivity index (χ3n) is 3.74. The van der Waals surface area contributed by atoms with Crippen molar-refractivity contribution in [1.82, 2.24) is 4.90 Å². The zero-order chi connectivity index (χ0) is 14.7. The van der Waals surface area contributed by atoms with Gasteiger partial charge in [0.25, 0.3) is 5.69 Å². The molecule has 0 bridgehead atoms. The highest BCUT2D eigenvalue weighted by Crippen LogP contribution is 2.31. The minimum Gasteiger partial charge on any atom is -0.389 e. The van der Waals surface area contributed by atoms with Gasteiger partial charge in [0.05, 0.1) is 11.0 Å². The Morgan fingerprint density at radius 1 is 1.30 bits per heavy atom. The van der Waals surface area contributed by atoms with Gasteiger partial charge < -0.3 is 14.9 Å². The molecular formula is C14H21N3O3. The lowest BCUT2D eigenvalue weighted by Crippen LogP contribution is -2.29. The second-order valence-electron chi connectivity index (χ2n) is 5.33. The van der Waals surface area contributed by atoms with Crippen molar-refractivity contribution in [1.29, 1.82) is 0 Å². The van der Waals surface area contributed by atoms with Crippen LogP contribution < -0.4 is 4.90 Å². The molecule has 1 N–H and O–H groups in total. The predicted octanol–water partition coefficient (Wildman–Crippen LogP) is 1.79. The molecule has 0 spiro atoms. The topological polar surface area (TPSA) is 69.8 Å². The Hall–Kier alpha value is -1.66. The van der Waals surface area contributed by atoms with Crippen LogP contribution in [-0.4, -0.2) is 48.2 Å². The van der Waals surface area contributed by atoms with Crippen LogP contribution in [0.1, 0.15) is 25.0 Å². The van der Waals surface area contributed by atoms with E-state index < -0.39 is 6.10 Å². The Bertz CT molecular complexity index is 491. The van der Waals surface area contributed by atoms with E-state index in [-0.39, 0.29) is 10.6 Å². The number of nitro benzene ring substituents is 1. The maximum Gasteiger partial charge on any atom is 0.292 e. The largest absolute Gasteiger partial charge is 0.389 e. The van der Waals surface area contributed by atoms with Crippen molar-refractivity contribution in [2.75, 3.05) is 38.1 Å². The number of aliphatic hydroxyl groups is 1. The molecular weight excluding hydrogens is 258 g/mol. The molecule has 1 aliphatic heterocycles. The van der Waals surface area contributed by atoms with Gasteiger partial charge >= 0.3 is 0 Å². The molecule has 20 heavy (non-hydrogen) atoms. The summed E-state index contributed by atoms with van der Waals surface area (Å²) in [5, 5.41) is 20.8. The lowest BCUT2D eigenvalue weighted by atomic mass is 10.1. The molecule has 1 atom stereocenters. The number of rotatable bonds is 3. The summed E-state index contributed by atoms with van der Waals surface area (Å²) in [4.78, 5) is 15.2. The molecule has 110 valence electrons. The second-order valence-corrected chi connectivity index (χ2v) is 5.33. The number of hydrogen-bond donors (Lipinski definition) is 1. The monoisotopic (exact) mass is 279 g/mol. The smallest absolute Gasteiger partial charge is 0.292 e. The number of hydrogen-bond acceptors (Lipinski definition) is 5. The fourth-order valence-corrected chi connectivity index (χ4v) is 2.50. The average Bonchev–Trinajstić information content (AvgIpc) is 2.62. The van der Waals surface area contributed by atoms with E-state index in [0.717, 1.165) is 32.6 Å². The van der Waals surface area contributed by atoms with Gasteiger partial charge in [-0.25, -0.2) is 0 Å². The standard InChI is InChI=1S/C14H21N3O3/c1-11(18)12-4-5-13(14(10-12)17(19)20)16-7-3-6-15(2)8-9-16/h4-5,10-11,18H,3,6-9H2,1-2H3/t11-/m1/s1. The Labute approximate surface area is 118 Å². The fourth-order valence-electron chi connectivity index (χ4n) is 2.50. The molecule has 6 nitrogen and oxygen atoms in total. The zero-order valence-corrected chi connectivity index (χ0v) is 12.0. The SMILES string of the molecule is C[C@@H](O)c1ccc(N2CCCN(C)CC2)c([N+](=O)[O-])c1. The van der Waals surface area contributed by atoms with Gasteiger partial charge in [-0.15, -0.1) is 0 Å². The second kappa shape index (κ2) is 6.19. The third kappa shape index (κ3) is 3.26. The lowest BCUT2D eigenvalue weighted by molar-refractivity contribution is -0.384. The van der Waals surface area contributed by atoms with Gasteiger partial charge in [-0.05, 0) is 38.6 Å². The van der Waals surface area contributed by atoms with Crippen LogP contribution in [0.5, 0.6) is 0 Å². The van der Waals surface area contributed by atoms with Crippen molar-refractivity contribution in [3.05, 3.63) is 33.9 Å². The molecule has 0 saturated carbocycles. The van der Waals surface area contributed by atoms with E-state index in [1.54, 1.807) is 19.1 Å². The molecule has 1 aromatic carbocycles. The third-order valence-corrected chi connectivity index (χ3v) is 3.74. The van der Waals surface area contributed by atoms with Crippen LogP contribution in [0, 0.1) is 10.1 Å². The van der Waals surface area contributed by atoms with E-state index in [4.69, 9.17) is 0 Å². The van der Waals surface area contributed by atoms with Crippen molar-refractivity contribution in [3.63, 3.8) is 0 Å². The first kappa shape index (κ1) is 14.7. The molecule has 1 aromatic rings. The van der Waals surface area contributed by atoms with Gasteiger partial charge in [-0.1, -0.05) is 6.07 Å². The molecule has 0 unspecified atom stereocenters. The Morgan fingerprint density at radius 2 is 2.05 bits per heavy atom. The predicted molar refractivity (Wildman–Crippen MR) is 78.1 cm³/mol. The molecule has 1 saturated heterocycles. The van der Waals surface area contributed by atoms with Crippen molar-refractivity contribution in [2.24, 2.45) is 0 Å². The summed E-state index contributed by atoms with van der Waals surface area (Å²) in [5.74, 6) is 0. The summed E-state index contributed by atoms with van der Waals surface area (Å²) in [5.41, 5.74) is 1.30. The maximum absolute atomic E-state index is 11.3. The number of likely N-dealkylation sites (N-methyl/N-ethyl adjacent to an activating group) is 1. The van der Waals surface area contributed by atoms with E-state index in [2.05, 4.69) is 16.8 Å². The number of nitro groups is 1. The molecule has 0 radical (unpaired) electrons. The van der Waals surface area contributed by atoms with Crippen LogP contribution >= 0.6 is 0 Å². The first-order valence-corrected chi connectivity index (χ1v) is 6.89. The highest BCUT2D eigenvalue weighted by Gasteiger charge is 2.22. The van der Waals surface area contributed by atoms with E-state index in [1.807, 2.05) is 0 Å². The first-order chi connectivity index (χ1) is 9.49. The molecule has 0 amide bonds. The number of aliphatic hydroxyl groups excluding tert-OH is 1. The zero-order valence-electron chi connectivity index (χ0n) is 12.0. The minimum atomic E-state index is -0.696. The van der Waals surface area contributed by atoms with Gasteiger partial charge in [0, 0.05) is 25.7 Å². The first-order valence-electron chi connectivity index (χ1n) is 6.89. The molecule has 6 heteroatoms. The van der Waals surface area contributed by atoms with Gasteiger partial charge in [0.2, 0.25) is 0 Å². The number of anilines is 1. The quantitative estimate of drug-likeness (QED) is 0.674. The molecule has 1 aliphatic rings. The Morgan fingerprint density at radius 3 is 2.70 bits per heavy atom. The van der Waals surface area contributed by atoms with Crippen LogP contribution in [-0.2, 0) is 0 Å². The summed E-state index contributed by atoms with van der Waals surface area (Å²) in [6.07, 6.45) is 0.296. The summed E-state index contributed by atoms with van der Waals surface area (Å²) in [6.45, 7) is 5.12. The van der Waals surface area contributed by atoms with Gasteiger partial charge in [0.1, 0.15) is 5.69 Å². The summed E-state index contributed by atoms with van der Waals surface area (Å²) >= 11 is 0. The highest BCUT2D eigenvalue weighted by atomic mass is 16.6. The average molecular weight is 279 g/mol. The van der Waals surface area contributed by atoms with Crippen molar-refractivity contribution in [3.8, 4) is 0 Å². The minimum absolute atomic E-state index is 0.0768. The van der Waals surface area contributed by atoms with E-state index in [1.165, 1.54) is 6.07 Å². The molecule has 0 aliphatic carbocycles. The van der Waals surface area contributed by atoms with Gasteiger partial charge in [-0.3, -0.25) is 10.1 Å². The summed E-state index contributed by atoms with van der Waals surface area (Å²) in [6, 6.07) is 5.00. The molecule has 0 aromatic heterocycles. The van der Waals surface area contributed by atoms with Gasteiger partial charge in [-0.2, -0.15) is 0 Å². The van der Waals surface area contributed by atoms with E-state index in [0.29, 0.717) is 11.3 Å². The fraction of sp³-hybridized carbons (Fsp3) is 0.571. The summed E-state index contributed by atoms with van der Waals surface area (Å²) < 4.78 is 0. The number of benzene rings is 1. The highest BCUT2D eigenvalue weighted by molar-refractivity contribution is 5.64. The Kier molecular flexibility index (Phi) is 4.57. The van der Waals surface area contributed by atoms with Crippen LogP contribution in [0.25, 0.3) is 0 Å². The van der Waals surface area contributed by atoms with Gasteiger partial charge in [0.15, 0.2) is 0 Å². The van der Waals surface area contributed by atoms with E-state index >= 15 is 0 Å². The molecule has 2 rings (SSSR count). The molecule has 1 fully saturated rings. The van der Waals surface area contributed by atoms with Crippen LogP contribution in [0.4, 0.5) is 11.4 Å². The van der Waals surface area contributed by atoms with Crippen LogP contribution in [0.2, 0.25) is 0 Å². The molecule has 1 heterocycles. The van der Waals surface area contributed by atoms with E-state index in [9.17, 15) is 15.2 Å².